The molecule has 0 spiro atoms. The van der Waals surface area contributed by atoms with Crippen LogP contribution in [-0.2, 0) is 0 Å². The van der Waals surface area contributed by atoms with Crippen molar-refractivity contribution in [1.82, 2.24) is 9.97 Å². The largest absolute Gasteiger partial charge is 0.478 e. The minimum Gasteiger partial charge on any atom is -0.478 e. The second-order valence-corrected chi connectivity index (χ2v) is 4.40. The summed E-state index contributed by atoms with van der Waals surface area (Å²) < 4.78 is 0. The topological polar surface area (TPSA) is 90.4 Å². The van der Waals surface area contributed by atoms with E-state index in [1.54, 1.807) is 18.3 Å². The molecule has 1 aromatic heterocycles. The van der Waals surface area contributed by atoms with Gasteiger partial charge in [0.15, 0.2) is 0 Å². The average Bonchev–Trinajstić information content (AvgIpc) is 2.90. The van der Waals surface area contributed by atoms with Crippen LogP contribution in [0.5, 0.6) is 0 Å². The molecular formula is C15H12N4O2. The van der Waals surface area contributed by atoms with E-state index in [-0.39, 0.29) is 5.56 Å². The maximum Gasteiger partial charge on any atom is 0.335 e. The maximum atomic E-state index is 10.7. The minimum atomic E-state index is -0.945. The van der Waals surface area contributed by atoms with Gasteiger partial charge in [-0.15, -0.1) is 0 Å². The van der Waals surface area contributed by atoms with Crippen LogP contribution in [0.1, 0.15) is 15.9 Å². The Labute approximate surface area is 120 Å². The third-order valence-electron chi connectivity index (χ3n) is 2.93. The van der Waals surface area contributed by atoms with Gasteiger partial charge in [-0.1, -0.05) is 24.3 Å². The van der Waals surface area contributed by atoms with Gasteiger partial charge in [0.1, 0.15) is 0 Å². The molecule has 6 nitrogen and oxygen atoms in total. The quantitative estimate of drug-likeness (QED) is 0.506. The summed E-state index contributed by atoms with van der Waals surface area (Å²) in [7, 11) is 0. The molecule has 0 aliphatic carbocycles. The van der Waals surface area contributed by atoms with Crippen LogP contribution in [0.15, 0.2) is 53.6 Å². The van der Waals surface area contributed by atoms with Crippen molar-refractivity contribution in [1.29, 1.82) is 0 Å². The summed E-state index contributed by atoms with van der Waals surface area (Å²) in [5.41, 5.74) is 5.64. The molecule has 3 N–H and O–H groups in total. The number of imidazole rings is 1. The van der Waals surface area contributed by atoms with Crippen molar-refractivity contribution in [2.45, 2.75) is 0 Å². The summed E-state index contributed by atoms with van der Waals surface area (Å²) in [5, 5.41) is 12.9. The zero-order chi connectivity index (χ0) is 14.7. The van der Waals surface area contributed by atoms with Gasteiger partial charge in [-0.25, -0.2) is 15.2 Å². The van der Waals surface area contributed by atoms with Crippen molar-refractivity contribution < 1.29 is 9.90 Å². The first-order valence-corrected chi connectivity index (χ1v) is 6.29. The molecule has 0 unspecified atom stereocenters. The number of H-pyrrole nitrogens is 1. The number of hydrogen-bond acceptors (Lipinski definition) is 4. The fourth-order valence-corrected chi connectivity index (χ4v) is 1.89. The fourth-order valence-electron chi connectivity index (χ4n) is 1.89. The number of carboxylic acid groups (broad SMARTS) is 1. The molecule has 6 heteroatoms. The van der Waals surface area contributed by atoms with Crippen molar-refractivity contribution in [3.05, 3.63) is 59.7 Å². The molecule has 0 amide bonds. The summed E-state index contributed by atoms with van der Waals surface area (Å²) in [5.74, 6) is -0.395. The van der Waals surface area contributed by atoms with Crippen LogP contribution in [0.25, 0.3) is 11.0 Å². The zero-order valence-corrected chi connectivity index (χ0v) is 10.9. The highest BCUT2D eigenvalue weighted by atomic mass is 16.4. The van der Waals surface area contributed by atoms with Crippen LogP contribution in [0, 0.1) is 0 Å². The van der Waals surface area contributed by atoms with Crippen LogP contribution in [0.4, 0.5) is 5.95 Å². The lowest BCUT2D eigenvalue weighted by Crippen LogP contribution is -1.96. The second kappa shape index (κ2) is 5.46. The number of fused-ring (bicyclic) bond motifs is 1. The molecule has 0 atom stereocenters. The van der Waals surface area contributed by atoms with Crippen molar-refractivity contribution in [3.8, 4) is 0 Å². The van der Waals surface area contributed by atoms with Crippen molar-refractivity contribution in [3.63, 3.8) is 0 Å². The van der Waals surface area contributed by atoms with Crippen LogP contribution >= 0.6 is 0 Å². The molecule has 1 heterocycles. The highest BCUT2D eigenvalue weighted by molar-refractivity contribution is 5.89. The van der Waals surface area contributed by atoms with E-state index in [4.69, 9.17) is 5.11 Å². The Hall–Kier alpha value is -3.15. The lowest BCUT2D eigenvalue weighted by Gasteiger charge is -1.96. The van der Waals surface area contributed by atoms with Gasteiger partial charge in [0.05, 0.1) is 22.8 Å². The van der Waals surface area contributed by atoms with Gasteiger partial charge >= 0.3 is 5.97 Å². The number of nitrogens with one attached hydrogen (secondary N) is 2. The first-order chi connectivity index (χ1) is 10.2. The Morgan fingerprint density at radius 3 is 2.67 bits per heavy atom. The molecule has 0 radical (unpaired) electrons. The number of carbonyl (C=O) groups is 1. The fraction of sp³-hybridized carbons (Fsp3) is 0. The number of anilines is 1. The van der Waals surface area contributed by atoms with E-state index >= 15 is 0 Å². The molecule has 2 aromatic carbocycles. The van der Waals surface area contributed by atoms with E-state index in [1.165, 1.54) is 12.1 Å². The SMILES string of the molecule is O=C(O)c1ccc(/C=N/Nc2nc3ccccc3[nH]2)cc1. The number of aromatic amines is 1. The van der Waals surface area contributed by atoms with Gasteiger partial charge < -0.3 is 10.1 Å². The highest BCUT2D eigenvalue weighted by Gasteiger charge is 2.01. The van der Waals surface area contributed by atoms with Gasteiger partial charge in [-0.2, -0.15) is 5.10 Å². The summed E-state index contributed by atoms with van der Waals surface area (Å²) in [4.78, 5) is 18.2. The summed E-state index contributed by atoms with van der Waals surface area (Å²) >= 11 is 0. The van der Waals surface area contributed by atoms with E-state index in [0.717, 1.165) is 16.6 Å². The van der Waals surface area contributed by atoms with Crippen LogP contribution in [0.3, 0.4) is 0 Å². The Balaban J connectivity index is 1.70. The van der Waals surface area contributed by atoms with Gasteiger partial charge in [0.2, 0.25) is 5.95 Å². The van der Waals surface area contributed by atoms with Gasteiger partial charge in [0, 0.05) is 0 Å². The van der Waals surface area contributed by atoms with Crippen LogP contribution < -0.4 is 5.43 Å². The summed E-state index contributed by atoms with van der Waals surface area (Å²) in [6.45, 7) is 0. The Morgan fingerprint density at radius 1 is 1.19 bits per heavy atom. The van der Waals surface area contributed by atoms with Crippen LogP contribution in [-0.4, -0.2) is 27.3 Å². The summed E-state index contributed by atoms with van der Waals surface area (Å²) in [6, 6.07) is 14.1. The molecule has 0 bridgehead atoms. The number of benzene rings is 2. The van der Waals surface area contributed by atoms with Crippen molar-refractivity contribution in [2.75, 3.05) is 5.43 Å². The van der Waals surface area contributed by atoms with Crippen LogP contribution in [0.2, 0.25) is 0 Å². The predicted octanol–water partition coefficient (Wildman–Crippen LogP) is 2.71. The number of hydrazone groups is 1. The zero-order valence-electron chi connectivity index (χ0n) is 10.9. The normalized spacial score (nSPS) is 11.0. The molecule has 3 rings (SSSR count). The summed E-state index contributed by atoms with van der Waals surface area (Å²) in [6.07, 6.45) is 1.60. The Kier molecular flexibility index (Phi) is 3.34. The smallest absolute Gasteiger partial charge is 0.335 e. The molecule has 0 saturated heterocycles. The standard InChI is InChI=1S/C15H12N4O2/c20-14(21)11-7-5-10(6-8-11)9-16-19-15-17-12-3-1-2-4-13(12)18-15/h1-9H,(H,20,21)(H2,17,18,19)/b16-9+. The number of aromatic carboxylic acids is 1. The first kappa shape index (κ1) is 12.9. The van der Waals surface area contributed by atoms with E-state index in [2.05, 4.69) is 20.5 Å². The van der Waals surface area contributed by atoms with Gasteiger partial charge in [-0.3, -0.25) is 0 Å². The number of para-hydroxylation sites is 2. The van der Waals surface area contributed by atoms with Gasteiger partial charge in [-0.05, 0) is 29.8 Å². The molecule has 104 valence electrons. The Bertz CT molecular complexity index is 773. The third-order valence-corrected chi connectivity index (χ3v) is 2.93. The van der Waals surface area contributed by atoms with Crippen molar-refractivity contribution in [2.24, 2.45) is 5.10 Å². The third kappa shape index (κ3) is 2.89. The monoisotopic (exact) mass is 280 g/mol. The molecule has 0 aliphatic heterocycles. The number of nitrogens with zero attached hydrogens (tertiary/aromatic N) is 2. The Morgan fingerprint density at radius 2 is 1.95 bits per heavy atom. The van der Waals surface area contributed by atoms with E-state index in [9.17, 15) is 4.79 Å². The number of hydrogen-bond donors (Lipinski definition) is 3. The molecule has 0 saturated carbocycles. The lowest BCUT2D eigenvalue weighted by molar-refractivity contribution is 0.0697. The van der Waals surface area contributed by atoms with E-state index in [1.807, 2.05) is 24.3 Å². The molecule has 0 aliphatic rings. The molecule has 3 aromatic rings. The average molecular weight is 280 g/mol. The predicted molar refractivity (Wildman–Crippen MR) is 80.7 cm³/mol. The molecule has 0 fully saturated rings. The number of carboxylic acids is 1. The van der Waals surface area contributed by atoms with Crippen molar-refractivity contribution >= 4 is 29.2 Å². The molecule has 21 heavy (non-hydrogen) atoms. The number of rotatable bonds is 4. The second-order valence-electron chi connectivity index (χ2n) is 4.40. The lowest BCUT2D eigenvalue weighted by atomic mass is 10.1. The molecular weight excluding hydrogens is 268 g/mol. The van der Waals surface area contributed by atoms with E-state index in [0.29, 0.717) is 5.95 Å². The van der Waals surface area contributed by atoms with E-state index < -0.39 is 5.97 Å². The van der Waals surface area contributed by atoms with Gasteiger partial charge in [0.25, 0.3) is 0 Å². The first-order valence-electron chi connectivity index (χ1n) is 6.29. The highest BCUT2D eigenvalue weighted by Crippen LogP contribution is 2.13. The maximum absolute atomic E-state index is 10.7. The minimum absolute atomic E-state index is 0.248. The number of aromatic nitrogens is 2.